The van der Waals surface area contributed by atoms with E-state index < -0.39 is 95.1 Å². The number of rotatable bonds is 57. The number of hydrogen-bond donors (Lipinski definition) is 6. The maximum Gasteiger partial charge on any atom is 0.470 e. The lowest BCUT2D eigenvalue weighted by molar-refractivity contribution is -0.314. The van der Waals surface area contributed by atoms with Crippen molar-refractivity contribution in [3.8, 4) is 0 Å². The lowest BCUT2D eigenvalue weighted by Gasteiger charge is -2.49. The second-order valence-electron chi connectivity index (χ2n) is 25.8. The number of aliphatic hydroxyl groups is 1. The molecule has 6 N–H and O–H groups in total. The molecular formula is C68H130N2O16P2. The van der Waals surface area contributed by atoms with E-state index in [0.717, 1.165) is 135 Å². The van der Waals surface area contributed by atoms with Crippen LogP contribution >= 0.6 is 15.4 Å². The molecule has 0 saturated carbocycles. The molecule has 518 valence electrons. The van der Waals surface area contributed by atoms with Gasteiger partial charge in [-0.05, 0) is 70.6 Å². The van der Waals surface area contributed by atoms with E-state index >= 15 is 0 Å². The van der Waals surface area contributed by atoms with E-state index in [1.165, 1.54) is 83.5 Å². The Morgan fingerprint density at radius 3 is 1.49 bits per heavy atom. The molecule has 2 amide bonds. The Labute approximate surface area is 534 Å². The molecule has 0 bridgehead atoms. The molecule has 2 aliphatic rings. The highest BCUT2D eigenvalue weighted by Gasteiger charge is 2.54. The Kier molecular flexibility index (Phi) is 47.6. The van der Waals surface area contributed by atoms with Crippen molar-refractivity contribution in [3.05, 3.63) is 12.2 Å². The summed E-state index contributed by atoms with van der Waals surface area (Å²) in [4.78, 5) is 72.6. The number of phosphoric ester groups is 1. The third kappa shape index (κ3) is 39.2. The van der Waals surface area contributed by atoms with E-state index in [2.05, 4.69) is 57.4 Å². The van der Waals surface area contributed by atoms with E-state index in [1.807, 2.05) is 0 Å². The van der Waals surface area contributed by atoms with E-state index in [4.69, 9.17) is 32.7 Å². The largest absolute Gasteiger partial charge is 0.470 e. The van der Waals surface area contributed by atoms with Gasteiger partial charge in [0.15, 0.2) is 12.6 Å². The Hall–Kier alpha value is -1.63. The molecule has 2 rings (SSSR count). The highest BCUT2D eigenvalue weighted by atomic mass is 31.2. The molecule has 2 saturated heterocycles. The molecule has 0 aromatic carbocycles. The molecule has 18 nitrogen and oxygen atoms in total. The molecule has 88 heavy (non-hydrogen) atoms. The van der Waals surface area contributed by atoms with Crippen LogP contribution in [0.1, 0.15) is 312 Å². The molecule has 2 fully saturated rings. The van der Waals surface area contributed by atoms with E-state index in [9.17, 15) is 43.3 Å². The number of nitrogens with one attached hydrogen (secondary N) is 2. The summed E-state index contributed by atoms with van der Waals surface area (Å²) in [5.41, 5.74) is 0. The number of hydrogen-bond acceptors (Lipinski definition) is 13. The van der Waals surface area contributed by atoms with Gasteiger partial charge >= 0.3 is 15.4 Å². The number of unbranched alkanes of at least 4 members (excludes halogenated alkanes) is 30. The third-order valence-electron chi connectivity index (χ3n) is 17.3. The van der Waals surface area contributed by atoms with Gasteiger partial charge in [-0.3, -0.25) is 28.0 Å². The summed E-state index contributed by atoms with van der Waals surface area (Å²) in [7, 11) is -9.55. The van der Waals surface area contributed by atoms with Crippen LogP contribution in [0, 0.1) is 5.92 Å². The molecule has 0 spiro atoms. The Balaban J connectivity index is 2.44. The SMILES string of the molecule is CCCCCC/C=C\CCCCCCCCCC(=O)N[C@H]1[C@H](OC(C)[C@H]2O[C@H](OP(C)(=O)O)[C@H](NC(=O)CC(=O)CCCCCCCCCCC)[C@@H](OCCCCCCCCCC)[C@@H]2O)O[C@H](CC)[C@@H](OP(=O)(O)O)[C@@H]1OCC[C@H](C)CCCCCCC. The van der Waals surface area contributed by atoms with Crippen molar-refractivity contribution in [2.24, 2.45) is 5.92 Å². The minimum Gasteiger partial charge on any atom is -0.387 e. The first-order chi connectivity index (χ1) is 42.3. The Bertz CT molecular complexity index is 1890. The number of phosphoric acid groups is 1. The number of ketones is 1. The lowest BCUT2D eigenvalue weighted by atomic mass is 9.92. The maximum atomic E-state index is 14.2. The molecule has 13 atom stereocenters. The van der Waals surface area contributed by atoms with Gasteiger partial charge in [-0.15, -0.1) is 0 Å². The van der Waals surface area contributed by atoms with Crippen LogP contribution in [-0.4, -0.2) is 125 Å². The zero-order chi connectivity index (χ0) is 64.8. The highest BCUT2D eigenvalue weighted by Crippen LogP contribution is 2.45. The van der Waals surface area contributed by atoms with Crippen molar-refractivity contribution in [1.82, 2.24) is 10.6 Å². The second-order valence-corrected chi connectivity index (χ2v) is 28.8. The topological polar surface area (TPSA) is 255 Å². The van der Waals surface area contributed by atoms with Gasteiger partial charge in [0.05, 0.1) is 18.6 Å². The number of allylic oxidation sites excluding steroid dienone is 2. The number of aliphatic hydroxyl groups excluding tert-OH is 1. The first kappa shape index (κ1) is 82.5. The van der Waals surface area contributed by atoms with Gasteiger partial charge in [0.2, 0.25) is 11.8 Å². The van der Waals surface area contributed by atoms with Crippen LogP contribution in [0.2, 0.25) is 0 Å². The van der Waals surface area contributed by atoms with Crippen LogP contribution in [-0.2, 0) is 56.2 Å². The molecule has 0 radical (unpaired) electrons. The standard InChI is InChI=1S/C68H130N2O16P2/c1-9-14-18-22-25-28-29-30-31-32-33-35-37-41-45-49-58(72)69-61-66(81-52-50-54(6)47-43-39-21-17-12-4)64(85-88(77,78)79)57(13-5)83-67(61)82-55(7)63-62(74)65(80-51-46-42-38-27-24-20-16-11-3)60(68(84-63)86-87(8,75)76)70-59(73)53-56(71)48-44-40-36-34-26-23-19-15-10-2/h28-29,54-55,57,60-68,74H,9-27,30-53H2,1-8H3,(H,69,72)(H,70,73)(H,75,76)(H2,77,78,79)/b29-28-/t54-,55?,57-,60-,61-,62-,63-,64-,65-,66-,67-,68-/m1/s1. The molecule has 2 aliphatic heterocycles. The van der Waals surface area contributed by atoms with Gasteiger partial charge in [-0.25, -0.2) is 4.57 Å². The highest BCUT2D eigenvalue weighted by molar-refractivity contribution is 7.51. The average Bonchev–Trinajstić information content (AvgIpc) is 1.30. The summed E-state index contributed by atoms with van der Waals surface area (Å²) in [5, 5.41) is 18.3. The summed E-state index contributed by atoms with van der Waals surface area (Å²) < 4.78 is 70.0. The summed E-state index contributed by atoms with van der Waals surface area (Å²) in [5.74, 6) is -1.01. The molecule has 0 aliphatic carbocycles. The zero-order valence-corrected chi connectivity index (χ0v) is 58.4. The van der Waals surface area contributed by atoms with Crippen molar-refractivity contribution >= 4 is 33.0 Å². The van der Waals surface area contributed by atoms with Crippen LogP contribution in [0.25, 0.3) is 0 Å². The first-order valence-electron chi connectivity index (χ1n) is 35.6. The van der Waals surface area contributed by atoms with Gasteiger partial charge in [-0.2, -0.15) is 0 Å². The minimum absolute atomic E-state index is 0.155. The summed E-state index contributed by atoms with van der Waals surface area (Å²) >= 11 is 0. The maximum absolute atomic E-state index is 14.2. The van der Waals surface area contributed by atoms with Gasteiger partial charge in [0.1, 0.15) is 48.4 Å². The van der Waals surface area contributed by atoms with Gasteiger partial charge in [0, 0.05) is 32.7 Å². The van der Waals surface area contributed by atoms with E-state index in [1.54, 1.807) is 13.8 Å². The average molecular weight is 1290 g/mol. The first-order valence-corrected chi connectivity index (χ1v) is 39.2. The lowest BCUT2D eigenvalue weighted by Crippen LogP contribution is -2.68. The minimum atomic E-state index is -5.16. The fourth-order valence-electron chi connectivity index (χ4n) is 12.0. The number of amides is 2. The van der Waals surface area contributed by atoms with Crippen molar-refractivity contribution < 1.29 is 76.0 Å². The van der Waals surface area contributed by atoms with Crippen molar-refractivity contribution in [3.63, 3.8) is 0 Å². The Morgan fingerprint density at radius 2 is 0.966 bits per heavy atom. The van der Waals surface area contributed by atoms with Gasteiger partial charge in [-0.1, -0.05) is 240 Å². The molecule has 0 aromatic heterocycles. The van der Waals surface area contributed by atoms with Crippen molar-refractivity contribution in [1.29, 1.82) is 0 Å². The van der Waals surface area contributed by atoms with Crippen molar-refractivity contribution in [2.75, 3.05) is 19.9 Å². The van der Waals surface area contributed by atoms with E-state index in [0.29, 0.717) is 25.7 Å². The number of carbonyl (C=O) groups is 3. The summed E-state index contributed by atoms with van der Waals surface area (Å²) in [6, 6.07) is -2.54. The van der Waals surface area contributed by atoms with Crippen LogP contribution in [0.4, 0.5) is 0 Å². The molecule has 2 heterocycles. The van der Waals surface area contributed by atoms with Crippen LogP contribution < -0.4 is 10.6 Å². The molecule has 0 aromatic rings. The fraction of sp³-hybridized carbons (Fsp3) is 0.926. The van der Waals surface area contributed by atoms with Crippen LogP contribution in [0.5, 0.6) is 0 Å². The number of ether oxygens (including phenoxy) is 5. The van der Waals surface area contributed by atoms with Crippen molar-refractivity contribution in [2.45, 2.75) is 379 Å². The van der Waals surface area contributed by atoms with Crippen LogP contribution in [0.15, 0.2) is 12.2 Å². The second kappa shape index (κ2) is 50.8. The fourth-order valence-corrected chi connectivity index (χ4v) is 13.2. The normalized spacial score (nSPS) is 23.9. The van der Waals surface area contributed by atoms with Crippen LogP contribution in [0.3, 0.4) is 0 Å². The smallest absolute Gasteiger partial charge is 0.387 e. The predicted molar refractivity (Wildman–Crippen MR) is 352 cm³/mol. The summed E-state index contributed by atoms with van der Waals surface area (Å²) in [6.07, 6.45) is 32.1. The van der Waals surface area contributed by atoms with Gasteiger partial charge < -0.3 is 54.1 Å². The number of Topliss-reactive ketones (excluding diaryl/α,β-unsaturated/α-hetero) is 1. The van der Waals surface area contributed by atoms with E-state index in [-0.39, 0.29) is 50.1 Å². The molecule has 2 unspecified atom stereocenters. The quantitative estimate of drug-likeness (QED) is 0.0143. The predicted octanol–water partition coefficient (Wildman–Crippen LogP) is 16.1. The zero-order valence-electron chi connectivity index (χ0n) is 56.6. The third-order valence-corrected chi connectivity index (χ3v) is 18.4. The monoisotopic (exact) mass is 1290 g/mol. The summed E-state index contributed by atoms with van der Waals surface area (Å²) in [6.45, 7) is 15.6. The molecular weight excluding hydrogens is 1160 g/mol. The number of carbonyl (C=O) groups excluding carboxylic acids is 3. The Morgan fingerprint density at radius 1 is 0.511 bits per heavy atom. The van der Waals surface area contributed by atoms with Gasteiger partial charge in [0.25, 0.3) is 0 Å². The molecule has 20 heteroatoms.